The third-order valence-corrected chi connectivity index (χ3v) is 4.29. The van der Waals surface area contributed by atoms with E-state index in [9.17, 15) is 9.59 Å². The second kappa shape index (κ2) is 8.18. The molecule has 0 spiro atoms. The van der Waals surface area contributed by atoms with Crippen molar-refractivity contribution in [2.75, 3.05) is 38.0 Å². The molecule has 1 aliphatic rings. The monoisotopic (exact) mass is 347 g/mol. The summed E-state index contributed by atoms with van der Waals surface area (Å²) in [5.74, 6) is 2.26. The van der Waals surface area contributed by atoms with Gasteiger partial charge in [-0.1, -0.05) is 31.4 Å². The van der Waals surface area contributed by atoms with E-state index in [1.165, 1.54) is 0 Å². The van der Waals surface area contributed by atoms with Crippen LogP contribution in [0.25, 0.3) is 0 Å². The SMILES string of the molecule is C#CCN1CCN(C(=O)c2cc(NC(=O)C(C)C)ccc2Cl)CC1. The first-order valence-electron chi connectivity index (χ1n) is 7.98. The molecular formula is C18H22ClN3O2. The molecule has 1 heterocycles. The van der Waals surface area contributed by atoms with Crippen LogP contribution in [0.2, 0.25) is 5.02 Å². The van der Waals surface area contributed by atoms with E-state index in [1.54, 1.807) is 23.1 Å². The fraction of sp³-hybridized carbons (Fsp3) is 0.444. The Bertz CT molecular complexity index is 659. The van der Waals surface area contributed by atoms with Crippen LogP contribution in [-0.2, 0) is 4.79 Å². The number of hydrogen-bond donors (Lipinski definition) is 1. The van der Waals surface area contributed by atoms with E-state index in [0.717, 1.165) is 13.1 Å². The van der Waals surface area contributed by atoms with E-state index in [-0.39, 0.29) is 17.7 Å². The minimum absolute atomic E-state index is 0.0985. The molecule has 24 heavy (non-hydrogen) atoms. The van der Waals surface area contributed by atoms with Crippen LogP contribution in [0, 0.1) is 18.3 Å². The molecule has 1 aromatic carbocycles. The van der Waals surface area contributed by atoms with E-state index < -0.39 is 0 Å². The Hall–Kier alpha value is -2.03. The maximum Gasteiger partial charge on any atom is 0.255 e. The van der Waals surface area contributed by atoms with Crippen molar-refractivity contribution in [3.8, 4) is 12.3 Å². The van der Waals surface area contributed by atoms with E-state index in [1.807, 2.05) is 13.8 Å². The maximum absolute atomic E-state index is 12.7. The number of piperazine rings is 1. The predicted octanol–water partition coefficient (Wildman–Crippen LogP) is 2.33. The second-order valence-electron chi connectivity index (χ2n) is 6.11. The summed E-state index contributed by atoms with van der Waals surface area (Å²) in [6.07, 6.45) is 5.32. The molecule has 1 aromatic rings. The molecule has 5 nitrogen and oxygen atoms in total. The number of benzene rings is 1. The minimum atomic E-state index is -0.135. The van der Waals surface area contributed by atoms with Gasteiger partial charge in [-0.05, 0) is 18.2 Å². The molecule has 1 aliphatic heterocycles. The molecule has 1 saturated heterocycles. The molecule has 2 rings (SSSR count). The lowest BCUT2D eigenvalue weighted by Crippen LogP contribution is -2.48. The number of carbonyl (C=O) groups is 2. The van der Waals surface area contributed by atoms with E-state index >= 15 is 0 Å². The normalized spacial score (nSPS) is 15.2. The van der Waals surface area contributed by atoms with Crippen LogP contribution < -0.4 is 5.32 Å². The highest BCUT2D eigenvalue weighted by Gasteiger charge is 2.23. The highest BCUT2D eigenvalue weighted by atomic mass is 35.5. The molecule has 0 radical (unpaired) electrons. The Balaban J connectivity index is 2.09. The van der Waals surface area contributed by atoms with Crippen LogP contribution in [0.5, 0.6) is 0 Å². The fourth-order valence-electron chi connectivity index (χ4n) is 2.46. The van der Waals surface area contributed by atoms with E-state index in [4.69, 9.17) is 18.0 Å². The zero-order valence-corrected chi connectivity index (χ0v) is 14.8. The number of nitrogens with one attached hydrogen (secondary N) is 1. The molecule has 0 aromatic heterocycles. The number of halogens is 1. The topological polar surface area (TPSA) is 52.6 Å². The van der Waals surface area contributed by atoms with Gasteiger partial charge in [-0.3, -0.25) is 14.5 Å². The van der Waals surface area contributed by atoms with Gasteiger partial charge in [0.05, 0.1) is 17.1 Å². The number of terminal acetylenes is 1. The van der Waals surface area contributed by atoms with Crippen molar-refractivity contribution in [1.82, 2.24) is 9.80 Å². The minimum Gasteiger partial charge on any atom is -0.336 e. The van der Waals surface area contributed by atoms with Crippen LogP contribution in [0.4, 0.5) is 5.69 Å². The van der Waals surface area contributed by atoms with Gasteiger partial charge in [0.2, 0.25) is 5.91 Å². The third kappa shape index (κ3) is 4.50. The van der Waals surface area contributed by atoms with Gasteiger partial charge in [-0.2, -0.15) is 0 Å². The van der Waals surface area contributed by atoms with Crippen molar-refractivity contribution >= 4 is 29.1 Å². The summed E-state index contributed by atoms with van der Waals surface area (Å²) >= 11 is 6.19. The average molecular weight is 348 g/mol. The standard InChI is InChI=1S/C18H22ClN3O2/c1-4-7-21-8-10-22(11-9-21)18(24)15-12-14(5-6-16(15)19)20-17(23)13(2)3/h1,5-6,12-13H,7-11H2,2-3H3,(H,20,23). The molecular weight excluding hydrogens is 326 g/mol. The smallest absolute Gasteiger partial charge is 0.255 e. The van der Waals surface area contributed by atoms with Gasteiger partial charge in [0.1, 0.15) is 0 Å². The van der Waals surface area contributed by atoms with Crippen molar-refractivity contribution in [3.05, 3.63) is 28.8 Å². The first-order valence-corrected chi connectivity index (χ1v) is 8.35. The summed E-state index contributed by atoms with van der Waals surface area (Å²) in [4.78, 5) is 28.4. The average Bonchev–Trinajstić information content (AvgIpc) is 2.57. The van der Waals surface area contributed by atoms with E-state index in [0.29, 0.717) is 35.9 Å². The zero-order chi connectivity index (χ0) is 17.7. The predicted molar refractivity (Wildman–Crippen MR) is 96.1 cm³/mol. The quantitative estimate of drug-likeness (QED) is 0.850. The van der Waals surface area contributed by atoms with Crippen molar-refractivity contribution < 1.29 is 9.59 Å². The molecule has 0 bridgehead atoms. The van der Waals surface area contributed by atoms with Gasteiger partial charge in [0.25, 0.3) is 5.91 Å². The lowest BCUT2D eigenvalue weighted by atomic mass is 10.1. The van der Waals surface area contributed by atoms with Crippen LogP contribution in [0.1, 0.15) is 24.2 Å². The van der Waals surface area contributed by atoms with Gasteiger partial charge < -0.3 is 10.2 Å². The number of amides is 2. The molecule has 0 saturated carbocycles. The summed E-state index contributed by atoms with van der Waals surface area (Å²) in [6, 6.07) is 4.97. The van der Waals surface area contributed by atoms with Gasteiger partial charge in [0, 0.05) is 37.8 Å². The highest BCUT2D eigenvalue weighted by Crippen LogP contribution is 2.23. The molecule has 2 amide bonds. The molecule has 6 heteroatoms. The first kappa shape index (κ1) is 18.3. The first-order chi connectivity index (χ1) is 11.4. The van der Waals surface area contributed by atoms with Crippen LogP contribution in [0.15, 0.2) is 18.2 Å². The van der Waals surface area contributed by atoms with Crippen LogP contribution in [-0.4, -0.2) is 54.3 Å². The Morgan fingerprint density at radius 3 is 2.54 bits per heavy atom. The number of anilines is 1. The lowest BCUT2D eigenvalue weighted by molar-refractivity contribution is -0.118. The van der Waals surface area contributed by atoms with E-state index in [2.05, 4.69) is 16.1 Å². The largest absolute Gasteiger partial charge is 0.336 e. The Kier molecular flexibility index (Phi) is 6.24. The lowest BCUT2D eigenvalue weighted by Gasteiger charge is -2.33. The van der Waals surface area contributed by atoms with Gasteiger partial charge in [0.15, 0.2) is 0 Å². The third-order valence-electron chi connectivity index (χ3n) is 3.96. The maximum atomic E-state index is 12.7. The summed E-state index contributed by atoms with van der Waals surface area (Å²) in [6.45, 7) is 6.94. The molecule has 0 unspecified atom stereocenters. The Morgan fingerprint density at radius 1 is 1.29 bits per heavy atom. The summed E-state index contributed by atoms with van der Waals surface area (Å²) in [5, 5.41) is 3.17. The summed E-state index contributed by atoms with van der Waals surface area (Å²) in [7, 11) is 0. The Morgan fingerprint density at radius 2 is 1.96 bits per heavy atom. The number of carbonyl (C=O) groups excluding carboxylic acids is 2. The van der Waals surface area contributed by atoms with Crippen molar-refractivity contribution in [3.63, 3.8) is 0 Å². The molecule has 1 N–H and O–H groups in total. The number of hydrogen-bond acceptors (Lipinski definition) is 3. The summed E-state index contributed by atoms with van der Waals surface area (Å²) < 4.78 is 0. The van der Waals surface area contributed by atoms with Crippen LogP contribution in [0.3, 0.4) is 0 Å². The van der Waals surface area contributed by atoms with Gasteiger partial charge in [-0.25, -0.2) is 0 Å². The second-order valence-corrected chi connectivity index (χ2v) is 6.52. The van der Waals surface area contributed by atoms with Gasteiger partial charge >= 0.3 is 0 Å². The zero-order valence-electron chi connectivity index (χ0n) is 14.0. The van der Waals surface area contributed by atoms with Crippen molar-refractivity contribution in [2.24, 2.45) is 5.92 Å². The number of nitrogens with zero attached hydrogens (tertiary/aromatic N) is 2. The van der Waals surface area contributed by atoms with Crippen molar-refractivity contribution in [2.45, 2.75) is 13.8 Å². The molecule has 0 atom stereocenters. The molecule has 1 fully saturated rings. The van der Waals surface area contributed by atoms with Gasteiger partial charge in [-0.15, -0.1) is 6.42 Å². The van der Waals surface area contributed by atoms with Crippen LogP contribution >= 0.6 is 11.6 Å². The summed E-state index contributed by atoms with van der Waals surface area (Å²) in [5.41, 5.74) is 0.982. The fourth-order valence-corrected chi connectivity index (χ4v) is 2.66. The number of rotatable bonds is 4. The van der Waals surface area contributed by atoms with Crippen molar-refractivity contribution in [1.29, 1.82) is 0 Å². The highest BCUT2D eigenvalue weighted by molar-refractivity contribution is 6.34. The Labute approximate surface area is 147 Å². The molecule has 0 aliphatic carbocycles. The molecule has 128 valence electrons.